The van der Waals surface area contributed by atoms with Gasteiger partial charge in [0.25, 0.3) is 0 Å². The van der Waals surface area contributed by atoms with Crippen LogP contribution in [0.5, 0.6) is 0 Å². The Labute approximate surface area is 122 Å². The van der Waals surface area contributed by atoms with Gasteiger partial charge >= 0.3 is 0 Å². The highest BCUT2D eigenvalue weighted by Crippen LogP contribution is 2.61. The Bertz CT molecular complexity index is 455. The molecular weight excluding hydrogens is 304 g/mol. The van der Waals surface area contributed by atoms with Crippen molar-refractivity contribution in [1.82, 2.24) is 9.97 Å². The molecule has 3 rings (SSSR count). The van der Waals surface area contributed by atoms with Crippen LogP contribution in [0, 0.1) is 11.3 Å². The molecule has 0 bridgehead atoms. The van der Waals surface area contributed by atoms with E-state index in [9.17, 15) is 0 Å². The Hall–Kier alpha value is -0.840. The van der Waals surface area contributed by atoms with Crippen molar-refractivity contribution in [2.45, 2.75) is 39.0 Å². The first kappa shape index (κ1) is 13.2. The zero-order valence-corrected chi connectivity index (χ0v) is 13.0. The Kier molecular flexibility index (Phi) is 3.65. The van der Waals surface area contributed by atoms with E-state index < -0.39 is 0 Å². The molecule has 4 nitrogen and oxygen atoms in total. The third-order valence-electron chi connectivity index (χ3n) is 4.22. The molecular formula is C14H21BrN4. The van der Waals surface area contributed by atoms with Gasteiger partial charge in [0.2, 0.25) is 5.95 Å². The average Bonchev–Trinajstić information content (AvgIpc) is 3.28. The molecule has 0 radical (unpaired) electrons. The van der Waals surface area contributed by atoms with Gasteiger partial charge < -0.3 is 10.6 Å². The van der Waals surface area contributed by atoms with Gasteiger partial charge in [-0.3, -0.25) is 0 Å². The van der Waals surface area contributed by atoms with Crippen LogP contribution in [0.3, 0.4) is 0 Å². The Balaban J connectivity index is 1.62. The monoisotopic (exact) mass is 324 g/mol. The first-order chi connectivity index (χ1) is 9.23. The molecule has 5 heteroatoms. The van der Waals surface area contributed by atoms with Gasteiger partial charge in [0.05, 0.1) is 4.47 Å². The second-order valence-corrected chi connectivity index (χ2v) is 6.66. The molecule has 2 fully saturated rings. The minimum absolute atomic E-state index is 0.585. The molecule has 19 heavy (non-hydrogen) atoms. The summed E-state index contributed by atoms with van der Waals surface area (Å²) in [7, 11) is 0. The summed E-state index contributed by atoms with van der Waals surface area (Å²) in [5.74, 6) is 2.60. The van der Waals surface area contributed by atoms with E-state index in [4.69, 9.17) is 0 Å². The fourth-order valence-corrected chi connectivity index (χ4v) is 2.99. The maximum Gasteiger partial charge on any atom is 0.224 e. The highest BCUT2D eigenvalue weighted by Gasteiger charge is 2.53. The molecule has 0 atom stereocenters. The zero-order valence-electron chi connectivity index (χ0n) is 11.4. The summed E-state index contributed by atoms with van der Waals surface area (Å²) in [6, 6.07) is 0. The SMILES string of the molecule is CCCNc1ncc(Br)c(NCC2(C3CC3)CC2)n1. The molecule has 2 aliphatic carbocycles. The highest BCUT2D eigenvalue weighted by atomic mass is 79.9. The first-order valence-corrected chi connectivity index (χ1v) is 8.03. The van der Waals surface area contributed by atoms with Gasteiger partial charge in [0, 0.05) is 19.3 Å². The van der Waals surface area contributed by atoms with Crippen molar-refractivity contribution in [3.05, 3.63) is 10.7 Å². The fourth-order valence-electron chi connectivity index (χ4n) is 2.66. The quantitative estimate of drug-likeness (QED) is 0.803. The molecule has 1 aromatic rings. The lowest BCUT2D eigenvalue weighted by Gasteiger charge is -2.16. The summed E-state index contributed by atoms with van der Waals surface area (Å²) in [6.45, 7) is 4.10. The van der Waals surface area contributed by atoms with Crippen LogP contribution in [0.15, 0.2) is 10.7 Å². The van der Waals surface area contributed by atoms with Crippen LogP contribution in [-0.4, -0.2) is 23.1 Å². The van der Waals surface area contributed by atoms with Crippen molar-refractivity contribution in [2.75, 3.05) is 23.7 Å². The van der Waals surface area contributed by atoms with Crippen molar-refractivity contribution in [3.8, 4) is 0 Å². The molecule has 0 amide bonds. The normalized spacial score (nSPS) is 20.1. The molecule has 0 aliphatic heterocycles. The summed E-state index contributed by atoms with van der Waals surface area (Å²) in [6.07, 6.45) is 8.52. The molecule has 0 saturated heterocycles. The Morgan fingerprint density at radius 1 is 1.37 bits per heavy atom. The molecule has 0 unspecified atom stereocenters. The first-order valence-electron chi connectivity index (χ1n) is 7.24. The van der Waals surface area contributed by atoms with Gasteiger partial charge in [-0.25, -0.2) is 4.98 Å². The van der Waals surface area contributed by atoms with Gasteiger partial charge in [-0.2, -0.15) is 4.98 Å². The lowest BCUT2D eigenvalue weighted by Crippen LogP contribution is -2.18. The minimum atomic E-state index is 0.585. The van der Waals surface area contributed by atoms with Crippen molar-refractivity contribution in [1.29, 1.82) is 0 Å². The number of aromatic nitrogens is 2. The van der Waals surface area contributed by atoms with Crippen LogP contribution in [0.25, 0.3) is 0 Å². The number of nitrogens with zero attached hydrogens (tertiary/aromatic N) is 2. The lowest BCUT2D eigenvalue weighted by atomic mass is 10.0. The molecule has 1 aromatic heterocycles. The fraction of sp³-hybridized carbons (Fsp3) is 0.714. The predicted molar refractivity (Wildman–Crippen MR) is 81.4 cm³/mol. The molecule has 0 aromatic carbocycles. The van der Waals surface area contributed by atoms with Crippen molar-refractivity contribution >= 4 is 27.7 Å². The molecule has 104 valence electrons. The van der Waals surface area contributed by atoms with Crippen molar-refractivity contribution in [3.63, 3.8) is 0 Å². The van der Waals surface area contributed by atoms with Crippen LogP contribution < -0.4 is 10.6 Å². The number of nitrogens with one attached hydrogen (secondary N) is 2. The van der Waals surface area contributed by atoms with E-state index in [1.54, 1.807) is 0 Å². The molecule has 1 heterocycles. The van der Waals surface area contributed by atoms with Crippen molar-refractivity contribution < 1.29 is 0 Å². The summed E-state index contributed by atoms with van der Waals surface area (Å²) >= 11 is 3.52. The number of hydrogen-bond acceptors (Lipinski definition) is 4. The Morgan fingerprint density at radius 3 is 2.79 bits per heavy atom. The second-order valence-electron chi connectivity index (χ2n) is 5.81. The number of halogens is 1. The maximum atomic E-state index is 4.54. The van der Waals surface area contributed by atoms with Crippen LogP contribution in [0.4, 0.5) is 11.8 Å². The van der Waals surface area contributed by atoms with Gasteiger partial charge in [0.1, 0.15) is 5.82 Å². The lowest BCUT2D eigenvalue weighted by molar-refractivity contribution is 0.466. The number of rotatable bonds is 7. The van der Waals surface area contributed by atoms with Crippen molar-refractivity contribution in [2.24, 2.45) is 11.3 Å². The summed E-state index contributed by atoms with van der Waals surface area (Å²) in [5, 5.41) is 6.74. The van der Waals surface area contributed by atoms with E-state index in [0.29, 0.717) is 11.4 Å². The van der Waals surface area contributed by atoms with E-state index in [-0.39, 0.29) is 0 Å². The van der Waals surface area contributed by atoms with Gasteiger partial charge in [-0.1, -0.05) is 6.92 Å². The number of hydrogen-bond donors (Lipinski definition) is 2. The minimum Gasteiger partial charge on any atom is -0.368 e. The highest BCUT2D eigenvalue weighted by molar-refractivity contribution is 9.10. The standard InChI is InChI=1S/C14H21BrN4/c1-2-7-16-13-17-8-11(15)12(19-13)18-9-14(5-6-14)10-3-4-10/h8,10H,2-7,9H2,1H3,(H2,16,17,18,19). The van der Waals surface area contributed by atoms with Gasteiger partial charge in [-0.15, -0.1) is 0 Å². The third kappa shape index (κ3) is 3.02. The molecule has 2 aliphatic rings. The van der Waals surface area contributed by atoms with E-state index >= 15 is 0 Å². The predicted octanol–water partition coefficient (Wildman–Crippen LogP) is 3.66. The van der Waals surface area contributed by atoms with Crippen LogP contribution in [0.1, 0.15) is 39.0 Å². The van der Waals surface area contributed by atoms with Crippen LogP contribution >= 0.6 is 15.9 Å². The van der Waals surface area contributed by atoms with Gasteiger partial charge in [0.15, 0.2) is 0 Å². The largest absolute Gasteiger partial charge is 0.368 e. The van der Waals surface area contributed by atoms with E-state index in [1.807, 2.05) is 6.20 Å². The van der Waals surface area contributed by atoms with Crippen LogP contribution in [0.2, 0.25) is 0 Å². The van der Waals surface area contributed by atoms with E-state index in [2.05, 4.69) is 43.5 Å². The van der Waals surface area contributed by atoms with E-state index in [1.165, 1.54) is 25.7 Å². The zero-order chi connectivity index (χ0) is 13.3. The Morgan fingerprint density at radius 2 is 2.16 bits per heavy atom. The summed E-state index contributed by atoms with van der Waals surface area (Å²) in [5.41, 5.74) is 0.585. The average molecular weight is 325 g/mol. The topological polar surface area (TPSA) is 49.8 Å². The second kappa shape index (κ2) is 5.27. The smallest absolute Gasteiger partial charge is 0.224 e. The summed E-state index contributed by atoms with van der Waals surface area (Å²) in [4.78, 5) is 8.82. The van der Waals surface area contributed by atoms with E-state index in [0.717, 1.165) is 35.7 Å². The third-order valence-corrected chi connectivity index (χ3v) is 4.80. The molecule has 2 N–H and O–H groups in total. The van der Waals surface area contributed by atoms with Crippen LogP contribution in [-0.2, 0) is 0 Å². The number of anilines is 2. The summed E-state index contributed by atoms with van der Waals surface area (Å²) < 4.78 is 0.946. The molecule has 2 saturated carbocycles. The maximum absolute atomic E-state index is 4.54. The molecule has 0 spiro atoms. The van der Waals surface area contributed by atoms with Gasteiger partial charge in [-0.05, 0) is 59.4 Å².